The lowest BCUT2D eigenvalue weighted by Crippen LogP contribution is -2.23. The fourth-order valence-electron chi connectivity index (χ4n) is 2.43. The quantitative estimate of drug-likeness (QED) is 0.798. The summed E-state index contributed by atoms with van der Waals surface area (Å²) in [6.07, 6.45) is 3.86. The van der Waals surface area contributed by atoms with Gasteiger partial charge in [-0.05, 0) is 18.6 Å². The fourth-order valence-corrected chi connectivity index (χ4v) is 2.64. The highest BCUT2D eigenvalue weighted by molar-refractivity contribution is 6.32. The van der Waals surface area contributed by atoms with Gasteiger partial charge >= 0.3 is 0 Å². The maximum atomic E-state index is 12.3. The molecule has 1 aliphatic heterocycles. The van der Waals surface area contributed by atoms with Crippen molar-refractivity contribution in [1.82, 2.24) is 15.3 Å². The lowest BCUT2D eigenvalue weighted by atomic mass is 10.2. The van der Waals surface area contributed by atoms with E-state index in [0.717, 1.165) is 12.0 Å². The van der Waals surface area contributed by atoms with Crippen molar-refractivity contribution in [3.8, 4) is 11.8 Å². The summed E-state index contributed by atoms with van der Waals surface area (Å²) in [5.41, 5.74) is 1.23. The van der Waals surface area contributed by atoms with Crippen LogP contribution in [0.25, 0.3) is 0 Å². The molecule has 26 heavy (non-hydrogen) atoms. The number of carbonyl (C=O) groups is 1. The van der Waals surface area contributed by atoms with Gasteiger partial charge in [0.2, 0.25) is 11.8 Å². The van der Waals surface area contributed by atoms with E-state index in [4.69, 9.17) is 25.8 Å². The highest BCUT2D eigenvalue weighted by Gasteiger charge is 2.20. The van der Waals surface area contributed by atoms with Gasteiger partial charge in [-0.3, -0.25) is 4.79 Å². The molecule has 2 aromatic heterocycles. The van der Waals surface area contributed by atoms with Crippen molar-refractivity contribution in [1.29, 1.82) is 0 Å². The average molecular weight is 378 g/mol. The zero-order valence-corrected chi connectivity index (χ0v) is 15.2. The van der Waals surface area contributed by atoms with E-state index in [2.05, 4.69) is 15.3 Å². The van der Waals surface area contributed by atoms with Crippen LogP contribution in [0, 0.1) is 0 Å². The second-order valence-corrected chi connectivity index (χ2v) is 6.14. The van der Waals surface area contributed by atoms with Gasteiger partial charge in [-0.15, -0.1) is 0 Å². The zero-order valence-electron chi connectivity index (χ0n) is 14.4. The summed E-state index contributed by atoms with van der Waals surface area (Å²) in [6.45, 7) is 3.99. The maximum absolute atomic E-state index is 12.3. The molecule has 1 fully saturated rings. The van der Waals surface area contributed by atoms with E-state index in [0.29, 0.717) is 48.7 Å². The summed E-state index contributed by atoms with van der Waals surface area (Å²) in [6, 6.07) is 5.16. The third kappa shape index (κ3) is 4.83. The first-order valence-electron chi connectivity index (χ1n) is 8.41. The average Bonchev–Trinajstić information content (AvgIpc) is 3.16. The molecular formula is C18H20ClN3O4. The molecular weight excluding hydrogens is 358 g/mol. The summed E-state index contributed by atoms with van der Waals surface area (Å²) in [4.78, 5) is 20.6. The number of rotatable bonds is 7. The molecule has 3 rings (SSSR count). The molecule has 8 heteroatoms. The lowest BCUT2D eigenvalue weighted by Gasteiger charge is -2.12. The Morgan fingerprint density at radius 2 is 2.27 bits per heavy atom. The first-order valence-corrected chi connectivity index (χ1v) is 8.79. The smallest absolute Gasteiger partial charge is 0.253 e. The second kappa shape index (κ2) is 8.82. The summed E-state index contributed by atoms with van der Waals surface area (Å²) in [5, 5.41) is 3.11. The first kappa shape index (κ1) is 18.4. The van der Waals surface area contributed by atoms with Crippen molar-refractivity contribution in [2.24, 2.45) is 0 Å². The summed E-state index contributed by atoms with van der Waals surface area (Å²) < 4.78 is 16.2. The molecule has 0 aliphatic carbocycles. The van der Waals surface area contributed by atoms with Gasteiger partial charge < -0.3 is 19.5 Å². The van der Waals surface area contributed by atoms with E-state index in [1.54, 1.807) is 18.3 Å². The molecule has 0 saturated carbocycles. The number of amides is 1. The first-order chi connectivity index (χ1) is 12.7. The topological polar surface area (TPSA) is 82.6 Å². The normalized spacial score (nSPS) is 16.3. The van der Waals surface area contributed by atoms with E-state index in [1.165, 1.54) is 6.20 Å². The van der Waals surface area contributed by atoms with Crippen LogP contribution in [0.5, 0.6) is 11.8 Å². The number of carbonyl (C=O) groups excluding carboxylic acids is 1. The van der Waals surface area contributed by atoms with Gasteiger partial charge in [-0.2, -0.15) is 0 Å². The molecule has 7 nitrogen and oxygen atoms in total. The van der Waals surface area contributed by atoms with Crippen molar-refractivity contribution in [2.75, 3.05) is 19.8 Å². The van der Waals surface area contributed by atoms with Crippen molar-refractivity contribution in [3.05, 3.63) is 46.7 Å². The van der Waals surface area contributed by atoms with Gasteiger partial charge in [0.05, 0.1) is 25.4 Å². The summed E-state index contributed by atoms with van der Waals surface area (Å²) >= 11 is 6.18. The van der Waals surface area contributed by atoms with Gasteiger partial charge in [-0.1, -0.05) is 17.7 Å². The maximum Gasteiger partial charge on any atom is 0.253 e. The van der Waals surface area contributed by atoms with E-state index in [1.807, 2.05) is 13.0 Å². The van der Waals surface area contributed by atoms with Gasteiger partial charge in [0.1, 0.15) is 11.1 Å². The monoisotopic (exact) mass is 377 g/mol. The highest BCUT2D eigenvalue weighted by atomic mass is 35.5. The van der Waals surface area contributed by atoms with Crippen LogP contribution < -0.4 is 14.8 Å². The second-order valence-electron chi connectivity index (χ2n) is 5.73. The van der Waals surface area contributed by atoms with Crippen LogP contribution >= 0.6 is 11.6 Å². The van der Waals surface area contributed by atoms with Gasteiger partial charge in [0.15, 0.2) is 0 Å². The fraction of sp³-hybridized carbons (Fsp3) is 0.389. The van der Waals surface area contributed by atoms with Gasteiger partial charge in [-0.25, -0.2) is 9.97 Å². The Hall–Kier alpha value is -2.38. The van der Waals surface area contributed by atoms with Crippen molar-refractivity contribution in [2.45, 2.75) is 26.0 Å². The number of halogens is 1. The predicted octanol–water partition coefficient (Wildman–Crippen LogP) is 2.63. The Bertz CT molecular complexity index is 749. The third-order valence-corrected chi connectivity index (χ3v) is 4.05. The molecule has 138 valence electrons. The summed E-state index contributed by atoms with van der Waals surface area (Å²) in [5.74, 6) is 0.597. The SMILES string of the molecule is CCOc1ccc(CNC(=O)c2cnc(OC3CCOC3)c(Cl)c2)cn1. The Kier molecular flexibility index (Phi) is 6.25. The van der Waals surface area contributed by atoms with Crippen LogP contribution in [-0.2, 0) is 11.3 Å². The molecule has 1 unspecified atom stereocenters. The number of ether oxygens (including phenoxy) is 3. The largest absolute Gasteiger partial charge is 0.478 e. The van der Waals surface area contributed by atoms with Gasteiger partial charge in [0.25, 0.3) is 5.91 Å². The number of nitrogens with one attached hydrogen (secondary N) is 1. The van der Waals surface area contributed by atoms with E-state index in [9.17, 15) is 4.79 Å². The lowest BCUT2D eigenvalue weighted by molar-refractivity contribution is 0.0950. The minimum atomic E-state index is -0.274. The standard InChI is InChI=1S/C18H20ClN3O4/c1-2-25-16-4-3-12(8-20-16)9-21-17(23)13-7-15(19)18(22-10-13)26-14-5-6-24-11-14/h3-4,7-8,10,14H,2,5-6,9,11H2,1H3,(H,21,23). The van der Waals surface area contributed by atoms with Crippen molar-refractivity contribution in [3.63, 3.8) is 0 Å². The van der Waals surface area contributed by atoms with Crippen LogP contribution in [0.1, 0.15) is 29.3 Å². The van der Waals surface area contributed by atoms with Crippen LogP contribution in [0.2, 0.25) is 5.02 Å². The minimum absolute atomic E-state index is 0.0492. The van der Waals surface area contributed by atoms with Gasteiger partial charge in [0, 0.05) is 31.4 Å². The van der Waals surface area contributed by atoms with Crippen LogP contribution in [0.4, 0.5) is 0 Å². The number of hydrogen-bond donors (Lipinski definition) is 1. The van der Waals surface area contributed by atoms with E-state index < -0.39 is 0 Å². The third-order valence-electron chi connectivity index (χ3n) is 3.78. The minimum Gasteiger partial charge on any atom is -0.478 e. The Balaban J connectivity index is 1.56. The zero-order chi connectivity index (χ0) is 18.4. The molecule has 0 radical (unpaired) electrons. The van der Waals surface area contributed by atoms with Crippen LogP contribution in [0.15, 0.2) is 30.6 Å². The predicted molar refractivity (Wildman–Crippen MR) is 95.7 cm³/mol. The summed E-state index contributed by atoms with van der Waals surface area (Å²) in [7, 11) is 0. The Morgan fingerprint density at radius 1 is 1.38 bits per heavy atom. The van der Waals surface area contributed by atoms with Crippen LogP contribution in [0.3, 0.4) is 0 Å². The molecule has 1 amide bonds. The Labute approximate surface area is 156 Å². The molecule has 1 N–H and O–H groups in total. The highest BCUT2D eigenvalue weighted by Crippen LogP contribution is 2.25. The molecule has 1 saturated heterocycles. The number of aromatic nitrogens is 2. The molecule has 0 aromatic carbocycles. The van der Waals surface area contributed by atoms with Crippen molar-refractivity contribution < 1.29 is 19.0 Å². The number of pyridine rings is 2. The molecule has 2 aromatic rings. The van der Waals surface area contributed by atoms with E-state index in [-0.39, 0.29) is 12.0 Å². The van der Waals surface area contributed by atoms with E-state index >= 15 is 0 Å². The molecule has 1 atom stereocenters. The number of nitrogens with zero attached hydrogens (tertiary/aromatic N) is 2. The molecule has 0 bridgehead atoms. The molecule has 3 heterocycles. The van der Waals surface area contributed by atoms with Crippen molar-refractivity contribution >= 4 is 17.5 Å². The molecule has 1 aliphatic rings. The molecule has 0 spiro atoms. The number of hydrogen-bond acceptors (Lipinski definition) is 6. The van der Waals surface area contributed by atoms with Crippen LogP contribution in [-0.4, -0.2) is 41.8 Å². The Morgan fingerprint density at radius 3 is 2.92 bits per heavy atom.